The lowest BCUT2D eigenvalue weighted by Crippen LogP contribution is -2.21. The van der Waals surface area contributed by atoms with Gasteiger partial charge in [0.2, 0.25) is 0 Å². The average Bonchev–Trinajstić information content (AvgIpc) is 1.99. The molecule has 0 unspecified atom stereocenters. The van der Waals surface area contributed by atoms with Gasteiger partial charge in [-0.1, -0.05) is 46.9 Å². The Balaban J connectivity index is 4.08. The molecular weight excluding hydrogens is 158 g/mol. The first-order valence-corrected chi connectivity index (χ1v) is 4.69. The molecule has 74 valence electrons. The highest BCUT2D eigenvalue weighted by Gasteiger charge is 2.14. The molecule has 0 radical (unpaired) electrons. The van der Waals surface area contributed by atoms with Gasteiger partial charge >= 0.3 is 0 Å². The van der Waals surface area contributed by atoms with Crippen LogP contribution in [0.5, 0.6) is 0 Å². The molecule has 0 bridgehead atoms. The summed E-state index contributed by atoms with van der Waals surface area (Å²) < 4.78 is 0. The van der Waals surface area contributed by atoms with Crippen molar-refractivity contribution in [3.05, 3.63) is 36.7 Å². The molecule has 0 spiro atoms. The monoisotopic (exact) mass is 179 g/mol. The highest BCUT2D eigenvalue weighted by atomic mass is 14.9. The van der Waals surface area contributed by atoms with Gasteiger partial charge in [-0.15, -0.1) is 0 Å². The van der Waals surface area contributed by atoms with Gasteiger partial charge in [-0.2, -0.15) is 0 Å². The molecule has 0 saturated heterocycles. The van der Waals surface area contributed by atoms with Gasteiger partial charge in [0.25, 0.3) is 0 Å². The van der Waals surface area contributed by atoms with Crippen LogP contribution in [0.1, 0.15) is 34.1 Å². The van der Waals surface area contributed by atoms with E-state index in [2.05, 4.69) is 52.2 Å². The summed E-state index contributed by atoms with van der Waals surface area (Å²) in [4.78, 5) is 0. The zero-order valence-corrected chi connectivity index (χ0v) is 9.28. The molecule has 0 atom stereocenters. The van der Waals surface area contributed by atoms with Crippen LogP contribution in [0.25, 0.3) is 0 Å². The summed E-state index contributed by atoms with van der Waals surface area (Å²) in [6.45, 7) is 16.3. The van der Waals surface area contributed by atoms with Crippen LogP contribution >= 0.6 is 0 Å². The van der Waals surface area contributed by atoms with E-state index in [1.165, 1.54) is 0 Å². The first-order valence-electron chi connectivity index (χ1n) is 4.69. The number of rotatable bonds is 4. The molecule has 0 aromatic carbocycles. The predicted molar refractivity (Wildman–Crippen MR) is 60.3 cm³/mol. The van der Waals surface area contributed by atoms with Crippen LogP contribution in [0.4, 0.5) is 0 Å². The molecule has 0 heterocycles. The third-order valence-corrected chi connectivity index (χ3v) is 1.77. The van der Waals surface area contributed by atoms with Gasteiger partial charge < -0.3 is 5.32 Å². The number of nitrogens with one attached hydrogen (secondary N) is 1. The molecule has 0 fully saturated rings. The lowest BCUT2D eigenvalue weighted by molar-refractivity contribution is 0.478. The van der Waals surface area contributed by atoms with E-state index in [1.807, 2.05) is 6.08 Å². The molecule has 1 nitrogen and oxygen atoms in total. The summed E-state index contributed by atoms with van der Waals surface area (Å²) in [6, 6.07) is 0. The van der Waals surface area contributed by atoms with Crippen molar-refractivity contribution in [3.63, 3.8) is 0 Å². The molecule has 13 heavy (non-hydrogen) atoms. The Morgan fingerprint density at radius 3 is 2.23 bits per heavy atom. The maximum Gasteiger partial charge on any atom is 0.0305 e. The van der Waals surface area contributed by atoms with E-state index in [9.17, 15) is 0 Å². The molecule has 0 aliphatic rings. The smallest absolute Gasteiger partial charge is 0.0305 e. The van der Waals surface area contributed by atoms with Crippen LogP contribution in [-0.2, 0) is 0 Å². The molecule has 0 aliphatic heterocycles. The third kappa shape index (κ3) is 5.29. The van der Waals surface area contributed by atoms with Crippen LogP contribution < -0.4 is 5.32 Å². The summed E-state index contributed by atoms with van der Waals surface area (Å²) in [5.41, 5.74) is 1.99. The van der Waals surface area contributed by atoms with Crippen LogP contribution in [-0.4, -0.2) is 0 Å². The Morgan fingerprint density at radius 2 is 1.85 bits per heavy atom. The second-order valence-electron chi connectivity index (χ2n) is 4.19. The van der Waals surface area contributed by atoms with Crippen molar-refractivity contribution >= 4 is 0 Å². The van der Waals surface area contributed by atoms with Crippen LogP contribution in [0.2, 0.25) is 0 Å². The lowest BCUT2D eigenvalue weighted by Gasteiger charge is -2.23. The van der Waals surface area contributed by atoms with E-state index >= 15 is 0 Å². The fourth-order valence-electron chi connectivity index (χ4n) is 0.683. The normalized spacial score (nSPS) is 11.7. The summed E-state index contributed by atoms with van der Waals surface area (Å²) in [6.07, 6.45) is 5.09. The van der Waals surface area contributed by atoms with Crippen LogP contribution in [0.3, 0.4) is 0 Å². The van der Waals surface area contributed by atoms with E-state index in [0.29, 0.717) is 0 Å². The first-order chi connectivity index (χ1) is 5.88. The third-order valence-electron chi connectivity index (χ3n) is 1.77. The van der Waals surface area contributed by atoms with Crippen molar-refractivity contribution in [2.45, 2.75) is 34.1 Å². The molecule has 0 aromatic rings. The standard InChI is InChI=1S/C12H21N/c1-7-8-9-10(2)13-11(3)12(4,5)6/h8-9,13H,2-3,7H2,1,4-6H3/b9-8-. The van der Waals surface area contributed by atoms with Gasteiger partial charge in [-0.05, 0) is 12.5 Å². The molecule has 0 rings (SSSR count). The second-order valence-corrected chi connectivity index (χ2v) is 4.19. The fraction of sp³-hybridized carbons (Fsp3) is 0.500. The minimum Gasteiger partial charge on any atom is -0.359 e. The Labute approximate surface area is 82.2 Å². The van der Waals surface area contributed by atoms with Gasteiger partial charge in [0.05, 0.1) is 0 Å². The quantitative estimate of drug-likeness (QED) is 0.650. The molecule has 0 saturated carbocycles. The fourth-order valence-corrected chi connectivity index (χ4v) is 0.683. The largest absolute Gasteiger partial charge is 0.359 e. The summed E-state index contributed by atoms with van der Waals surface area (Å²) >= 11 is 0. The Morgan fingerprint density at radius 1 is 1.31 bits per heavy atom. The Kier molecular flexibility index (Phi) is 4.53. The summed E-state index contributed by atoms with van der Waals surface area (Å²) in [5, 5.41) is 3.18. The zero-order valence-electron chi connectivity index (χ0n) is 9.28. The van der Waals surface area contributed by atoms with Crippen LogP contribution in [0, 0.1) is 5.41 Å². The zero-order chi connectivity index (χ0) is 10.5. The van der Waals surface area contributed by atoms with E-state index in [1.54, 1.807) is 0 Å². The van der Waals surface area contributed by atoms with Crippen molar-refractivity contribution in [1.29, 1.82) is 0 Å². The SMILES string of the molecule is C=C(/C=C\CC)NC(=C)C(C)(C)C. The molecule has 0 aliphatic carbocycles. The average molecular weight is 179 g/mol. The van der Waals surface area contributed by atoms with Gasteiger partial charge in [0, 0.05) is 16.8 Å². The molecule has 0 aromatic heterocycles. The number of allylic oxidation sites excluding steroid dienone is 3. The van der Waals surface area contributed by atoms with Crippen molar-refractivity contribution in [3.8, 4) is 0 Å². The summed E-state index contributed by atoms with van der Waals surface area (Å²) in [7, 11) is 0. The minimum atomic E-state index is 0.0863. The van der Waals surface area contributed by atoms with Gasteiger partial charge in [0.15, 0.2) is 0 Å². The van der Waals surface area contributed by atoms with Crippen LogP contribution in [0.15, 0.2) is 36.7 Å². The number of hydrogen-bond donors (Lipinski definition) is 1. The highest BCUT2D eigenvalue weighted by molar-refractivity contribution is 5.19. The van der Waals surface area contributed by atoms with E-state index < -0.39 is 0 Å². The number of hydrogen-bond acceptors (Lipinski definition) is 1. The van der Waals surface area contributed by atoms with Gasteiger partial charge in [-0.3, -0.25) is 0 Å². The summed E-state index contributed by atoms with van der Waals surface area (Å²) in [5.74, 6) is 0. The maximum atomic E-state index is 3.97. The molecule has 1 N–H and O–H groups in total. The highest BCUT2D eigenvalue weighted by Crippen LogP contribution is 2.21. The van der Waals surface area contributed by atoms with Crippen molar-refractivity contribution < 1.29 is 0 Å². The molecule has 1 heteroatoms. The van der Waals surface area contributed by atoms with Gasteiger partial charge in [0.1, 0.15) is 0 Å². The minimum absolute atomic E-state index is 0.0863. The molecule has 0 amide bonds. The van der Waals surface area contributed by atoms with Gasteiger partial charge in [-0.25, -0.2) is 0 Å². The Bertz CT molecular complexity index is 216. The van der Waals surface area contributed by atoms with Crippen molar-refractivity contribution in [2.75, 3.05) is 0 Å². The Hall–Kier alpha value is -0.980. The van der Waals surface area contributed by atoms with E-state index in [4.69, 9.17) is 0 Å². The predicted octanol–water partition coefficient (Wildman–Crippen LogP) is 3.62. The maximum absolute atomic E-state index is 3.97. The van der Waals surface area contributed by atoms with Crippen molar-refractivity contribution in [2.24, 2.45) is 5.41 Å². The topological polar surface area (TPSA) is 12.0 Å². The van der Waals surface area contributed by atoms with E-state index in [-0.39, 0.29) is 5.41 Å². The first kappa shape index (κ1) is 12.0. The van der Waals surface area contributed by atoms with Crippen molar-refractivity contribution in [1.82, 2.24) is 5.32 Å². The lowest BCUT2D eigenvalue weighted by atomic mass is 9.93. The van der Waals surface area contributed by atoms with E-state index in [0.717, 1.165) is 17.8 Å². The second kappa shape index (κ2) is 4.90. The molecular formula is C12H21N.